The highest BCUT2D eigenvalue weighted by molar-refractivity contribution is 6.35. The highest BCUT2D eigenvalue weighted by Crippen LogP contribution is 2.31. The Bertz CT molecular complexity index is 452. The third-order valence-corrected chi connectivity index (χ3v) is 4.44. The summed E-state index contributed by atoms with van der Waals surface area (Å²) in [7, 11) is 1.99. The van der Waals surface area contributed by atoms with Crippen LogP contribution in [-0.4, -0.2) is 24.5 Å². The lowest BCUT2D eigenvalue weighted by molar-refractivity contribution is 0.243. The van der Waals surface area contributed by atoms with Crippen LogP contribution >= 0.6 is 23.2 Å². The molecule has 0 radical (unpaired) electrons. The first-order chi connectivity index (χ1) is 9.23. The van der Waals surface area contributed by atoms with Gasteiger partial charge in [0.1, 0.15) is 5.82 Å². The number of hydrogen-bond donors (Lipinski definition) is 1. The molecule has 20 heavy (non-hydrogen) atoms. The van der Waals surface area contributed by atoms with Crippen LogP contribution < -0.4 is 5.73 Å². The second kappa shape index (κ2) is 7.60. The summed E-state index contributed by atoms with van der Waals surface area (Å²) in [6.45, 7) is 7.05. The van der Waals surface area contributed by atoms with Crippen molar-refractivity contribution >= 4 is 23.2 Å². The van der Waals surface area contributed by atoms with E-state index in [2.05, 4.69) is 18.7 Å². The van der Waals surface area contributed by atoms with Crippen molar-refractivity contribution in [3.05, 3.63) is 33.6 Å². The van der Waals surface area contributed by atoms with Gasteiger partial charge >= 0.3 is 0 Å². The van der Waals surface area contributed by atoms with Gasteiger partial charge in [-0.3, -0.25) is 4.90 Å². The van der Waals surface area contributed by atoms with Crippen LogP contribution in [-0.2, 0) is 0 Å². The lowest BCUT2D eigenvalue weighted by Gasteiger charge is -2.28. The first-order valence-corrected chi connectivity index (χ1v) is 7.59. The van der Waals surface area contributed by atoms with Crippen LogP contribution in [0.3, 0.4) is 0 Å². The summed E-state index contributed by atoms with van der Waals surface area (Å²) in [5.41, 5.74) is 6.79. The smallest absolute Gasteiger partial charge is 0.142 e. The molecule has 0 aliphatic rings. The summed E-state index contributed by atoms with van der Waals surface area (Å²) in [5, 5.41) is 0.541. The molecule has 2 nitrogen and oxygen atoms in total. The maximum Gasteiger partial charge on any atom is 0.142 e. The summed E-state index contributed by atoms with van der Waals surface area (Å²) in [4.78, 5) is 2.12. The third kappa shape index (κ3) is 4.59. The first kappa shape index (κ1) is 17.7. The lowest BCUT2D eigenvalue weighted by atomic mass is 10.0. The molecule has 0 saturated carbocycles. The van der Waals surface area contributed by atoms with Crippen LogP contribution in [0.2, 0.25) is 10.0 Å². The molecule has 2 unspecified atom stereocenters. The summed E-state index contributed by atoms with van der Waals surface area (Å²) >= 11 is 11.9. The van der Waals surface area contributed by atoms with Gasteiger partial charge < -0.3 is 5.73 Å². The molecule has 0 amide bonds. The molecule has 0 aliphatic heterocycles. The molecule has 1 aromatic carbocycles. The SMILES string of the molecule is CC(C)C(N)CCN(C)C(C)c1cc(F)c(Cl)cc1Cl. The van der Waals surface area contributed by atoms with Crippen molar-refractivity contribution < 1.29 is 4.39 Å². The van der Waals surface area contributed by atoms with Crippen LogP contribution in [0, 0.1) is 11.7 Å². The molecule has 0 aromatic heterocycles. The summed E-state index contributed by atoms with van der Waals surface area (Å²) in [5.74, 6) is 0.0143. The van der Waals surface area contributed by atoms with Crippen molar-refractivity contribution in [1.82, 2.24) is 4.90 Å². The fourth-order valence-electron chi connectivity index (χ4n) is 1.98. The summed E-state index contributed by atoms with van der Waals surface area (Å²) in [6, 6.07) is 3.04. The van der Waals surface area contributed by atoms with Crippen molar-refractivity contribution in [2.75, 3.05) is 13.6 Å². The van der Waals surface area contributed by atoms with E-state index in [1.54, 1.807) is 0 Å². The summed E-state index contributed by atoms with van der Waals surface area (Å²) in [6.07, 6.45) is 0.895. The zero-order chi connectivity index (χ0) is 15.4. The number of nitrogens with two attached hydrogens (primary N) is 1. The molecule has 0 bridgehead atoms. The molecule has 114 valence electrons. The van der Waals surface area contributed by atoms with Crippen molar-refractivity contribution in [3.63, 3.8) is 0 Å². The molecule has 2 N–H and O–H groups in total. The Morgan fingerprint density at radius 3 is 2.35 bits per heavy atom. The van der Waals surface area contributed by atoms with Gasteiger partial charge in [0.2, 0.25) is 0 Å². The summed E-state index contributed by atoms with van der Waals surface area (Å²) < 4.78 is 13.6. The molecule has 2 atom stereocenters. The van der Waals surface area contributed by atoms with E-state index >= 15 is 0 Å². The Morgan fingerprint density at radius 1 is 1.20 bits per heavy atom. The number of rotatable bonds is 6. The van der Waals surface area contributed by atoms with Crippen LogP contribution in [0.4, 0.5) is 4.39 Å². The Labute approximate surface area is 131 Å². The van der Waals surface area contributed by atoms with Crippen LogP contribution in [0.5, 0.6) is 0 Å². The number of hydrogen-bond acceptors (Lipinski definition) is 2. The zero-order valence-electron chi connectivity index (χ0n) is 12.5. The molecule has 0 aliphatic carbocycles. The maximum atomic E-state index is 13.6. The average molecular weight is 321 g/mol. The molecular formula is C15H23Cl2FN2. The van der Waals surface area contributed by atoms with Crippen LogP contribution in [0.15, 0.2) is 12.1 Å². The number of benzene rings is 1. The Morgan fingerprint density at radius 2 is 1.80 bits per heavy atom. The molecule has 1 rings (SSSR count). The van der Waals surface area contributed by atoms with E-state index in [1.165, 1.54) is 12.1 Å². The van der Waals surface area contributed by atoms with Crippen molar-refractivity contribution in [3.8, 4) is 0 Å². The predicted octanol–water partition coefficient (Wildman–Crippen LogP) is 4.50. The van der Waals surface area contributed by atoms with Gasteiger partial charge in [-0.1, -0.05) is 37.0 Å². The van der Waals surface area contributed by atoms with Crippen molar-refractivity contribution in [2.45, 2.75) is 39.3 Å². The first-order valence-electron chi connectivity index (χ1n) is 6.84. The average Bonchev–Trinajstić information content (AvgIpc) is 2.38. The Balaban J connectivity index is 2.74. The lowest BCUT2D eigenvalue weighted by Crippen LogP contribution is -2.33. The van der Waals surface area contributed by atoms with E-state index < -0.39 is 5.82 Å². The Hall–Kier alpha value is -0.350. The van der Waals surface area contributed by atoms with E-state index in [0.717, 1.165) is 18.5 Å². The van der Waals surface area contributed by atoms with Gasteiger partial charge in [0.05, 0.1) is 5.02 Å². The zero-order valence-corrected chi connectivity index (χ0v) is 14.0. The molecule has 0 heterocycles. The number of nitrogens with zero attached hydrogens (tertiary/aromatic N) is 1. The van der Waals surface area contributed by atoms with Gasteiger partial charge in [-0.05, 0) is 50.6 Å². The van der Waals surface area contributed by atoms with E-state index in [1.807, 2.05) is 14.0 Å². The number of halogens is 3. The van der Waals surface area contributed by atoms with E-state index in [9.17, 15) is 4.39 Å². The topological polar surface area (TPSA) is 29.3 Å². The molecule has 0 saturated heterocycles. The maximum absolute atomic E-state index is 13.6. The third-order valence-electron chi connectivity index (χ3n) is 3.82. The van der Waals surface area contributed by atoms with Gasteiger partial charge in [-0.2, -0.15) is 0 Å². The largest absolute Gasteiger partial charge is 0.327 e. The van der Waals surface area contributed by atoms with Gasteiger partial charge in [-0.25, -0.2) is 4.39 Å². The highest BCUT2D eigenvalue weighted by atomic mass is 35.5. The van der Waals surface area contributed by atoms with E-state index in [0.29, 0.717) is 10.9 Å². The second-order valence-corrected chi connectivity index (χ2v) is 6.46. The van der Waals surface area contributed by atoms with Crippen molar-refractivity contribution in [2.24, 2.45) is 11.7 Å². The fourth-order valence-corrected chi connectivity index (χ4v) is 2.52. The highest BCUT2D eigenvalue weighted by Gasteiger charge is 2.18. The van der Waals surface area contributed by atoms with Gasteiger partial charge in [0.15, 0.2) is 0 Å². The quantitative estimate of drug-likeness (QED) is 0.782. The Kier molecular flexibility index (Phi) is 6.73. The second-order valence-electron chi connectivity index (χ2n) is 5.64. The normalized spacial score (nSPS) is 14.9. The molecular weight excluding hydrogens is 298 g/mol. The molecule has 5 heteroatoms. The van der Waals surface area contributed by atoms with E-state index in [-0.39, 0.29) is 17.1 Å². The minimum absolute atomic E-state index is 0.00799. The van der Waals surface area contributed by atoms with Gasteiger partial charge in [0.25, 0.3) is 0 Å². The van der Waals surface area contributed by atoms with Gasteiger partial charge in [0, 0.05) is 17.1 Å². The molecule has 0 fully saturated rings. The van der Waals surface area contributed by atoms with Crippen LogP contribution in [0.25, 0.3) is 0 Å². The van der Waals surface area contributed by atoms with Gasteiger partial charge in [-0.15, -0.1) is 0 Å². The molecule has 0 spiro atoms. The minimum Gasteiger partial charge on any atom is -0.327 e. The van der Waals surface area contributed by atoms with Crippen molar-refractivity contribution in [1.29, 1.82) is 0 Å². The predicted molar refractivity (Wildman–Crippen MR) is 84.9 cm³/mol. The standard InChI is InChI=1S/C15H23Cl2FN2/c1-9(2)15(19)5-6-20(4)10(3)11-7-14(18)13(17)8-12(11)16/h7-10,15H,5-6,19H2,1-4H3. The fraction of sp³-hybridized carbons (Fsp3) is 0.600. The van der Waals surface area contributed by atoms with Crippen LogP contribution in [0.1, 0.15) is 38.8 Å². The van der Waals surface area contributed by atoms with E-state index in [4.69, 9.17) is 28.9 Å². The molecule has 1 aromatic rings. The minimum atomic E-state index is -0.440. The monoisotopic (exact) mass is 320 g/mol.